The first-order valence-electron chi connectivity index (χ1n) is 8.47. The van der Waals surface area contributed by atoms with E-state index < -0.39 is 5.82 Å². The fourth-order valence-corrected chi connectivity index (χ4v) is 2.22. The number of esters is 2. The lowest BCUT2D eigenvalue weighted by Gasteiger charge is -2.05. The van der Waals surface area contributed by atoms with E-state index >= 15 is 0 Å². The first-order valence-corrected chi connectivity index (χ1v) is 8.47. The number of halogens is 1. The van der Waals surface area contributed by atoms with Gasteiger partial charge in [-0.15, -0.1) is 0 Å². The minimum absolute atomic E-state index is 0.0990. The third kappa shape index (κ3) is 6.45. The van der Waals surface area contributed by atoms with Crippen molar-refractivity contribution in [2.24, 2.45) is 0 Å². The smallest absolute Gasteiger partial charge is 0.311 e. The van der Waals surface area contributed by atoms with Gasteiger partial charge in [0.25, 0.3) is 0 Å². The van der Waals surface area contributed by atoms with Gasteiger partial charge in [-0.1, -0.05) is 0 Å². The molecule has 2 aromatic heterocycles. The number of benzene rings is 1. The van der Waals surface area contributed by atoms with E-state index in [1.165, 1.54) is 33.5 Å². The summed E-state index contributed by atoms with van der Waals surface area (Å²) < 4.78 is 28.7. The molecule has 0 aliphatic heterocycles. The molecule has 2 heterocycles. The molecule has 1 aromatic carbocycles. The molecule has 0 saturated carbocycles. The predicted molar refractivity (Wildman–Crippen MR) is 100 cm³/mol. The normalized spacial score (nSPS) is 9.93. The highest BCUT2D eigenvalue weighted by atomic mass is 19.1. The summed E-state index contributed by atoms with van der Waals surface area (Å²) in [5.74, 6) is -0.915. The van der Waals surface area contributed by atoms with Gasteiger partial charge in [-0.3, -0.25) is 14.7 Å². The fourth-order valence-electron chi connectivity index (χ4n) is 2.22. The summed E-state index contributed by atoms with van der Waals surface area (Å²) >= 11 is 0. The molecule has 0 spiro atoms. The zero-order valence-corrected chi connectivity index (χ0v) is 16.2. The summed E-state index contributed by atoms with van der Waals surface area (Å²) in [5, 5.41) is 10.5. The van der Waals surface area contributed by atoms with Crippen LogP contribution in [0.2, 0.25) is 0 Å². The van der Waals surface area contributed by atoms with Crippen molar-refractivity contribution in [3.8, 4) is 11.4 Å². The van der Waals surface area contributed by atoms with Crippen LogP contribution in [0.4, 0.5) is 4.39 Å². The lowest BCUT2D eigenvalue weighted by molar-refractivity contribution is -0.140. The summed E-state index contributed by atoms with van der Waals surface area (Å²) in [5.41, 5.74) is 2.00. The van der Waals surface area contributed by atoms with E-state index in [-0.39, 0.29) is 30.5 Å². The molecule has 0 aliphatic carbocycles. The van der Waals surface area contributed by atoms with Crippen molar-refractivity contribution in [2.45, 2.75) is 12.8 Å². The van der Waals surface area contributed by atoms with Crippen LogP contribution in [-0.4, -0.2) is 53.2 Å². The van der Waals surface area contributed by atoms with Crippen LogP contribution in [0.15, 0.2) is 42.7 Å². The third-order valence-electron chi connectivity index (χ3n) is 3.72. The van der Waals surface area contributed by atoms with Gasteiger partial charge in [0.2, 0.25) is 0 Å². The number of carbonyl (C=O) groups is 2. The quantitative estimate of drug-likeness (QED) is 0.625. The molecule has 10 heteroatoms. The Labute approximate surface area is 166 Å². The SMILES string of the molecule is COC(=O)Cc1ccn(-c2ccc(F)c(OC)c2)n1.COC(=O)Cc1ccn[nH]1. The van der Waals surface area contributed by atoms with E-state index in [4.69, 9.17) is 4.74 Å². The highest BCUT2D eigenvalue weighted by Gasteiger charge is 2.09. The number of rotatable bonds is 6. The number of aromatic amines is 1. The molecular formula is C19H21FN4O5. The van der Waals surface area contributed by atoms with Crippen LogP contribution in [0.1, 0.15) is 11.4 Å². The van der Waals surface area contributed by atoms with Gasteiger partial charge in [0.1, 0.15) is 0 Å². The minimum atomic E-state index is -0.437. The average molecular weight is 404 g/mol. The van der Waals surface area contributed by atoms with Crippen molar-refractivity contribution < 1.29 is 28.2 Å². The molecule has 3 aromatic rings. The second-order valence-electron chi connectivity index (χ2n) is 5.66. The minimum Gasteiger partial charge on any atom is -0.494 e. The van der Waals surface area contributed by atoms with E-state index in [1.807, 2.05) is 0 Å². The van der Waals surface area contributed by atoms with Crippen LogP contribution >= 0.6 is 0 Å². The summed E-state index contributed by atoms with van der Waals surface area (Å²) in [6.45, 7) is 0. The summed E-state index contributed by atoms with van der Waals surface area (Å²) in [7, 11) is 4.08. The number of nitrogens with zero attached hydrogens (tertiary/aromatic N) is 3. The molecule has 0 unspecified atom stereocenters. The number of hydrogen-bond acceptors (Lipinski definition) is 7. The predicted octanol–water partition coefficient (Wildman–Crippen LogP) is 1.86. The van der Waals surface area contributed by atoms with E-state index in [2.05, 4.69) is 24.8 Å². The van der Waals surface area contributed by atoms with Crippen LogP contribution in [-0.2, 0) is 31.9 Å². The molecule has 3 rings (SSSR count). The molecule has 0 bridgehead atoms. The Balaban J connectivity index is 0.000000253. The highest BCUT2D eigenvalue weighted by molar-refractivity contribution is 5.72. The number of aromatic nitrogens is 4. The number of carbonyl (C=O) groups excluding carboxylic acids is 2. The third-order valence-corrected chi connectivity index (χ3v) is 3.72. The molecule has 154 valence electrons. The summed E-state index contributed by atoms with van der Waals surface area (Å²) in [4.78, 5) is 21.7. The summed E-state index contributed by atoms with van der Waals surface area (Å²) in [6, 6.07) is 7.84. The standard InChI is InChI=1S/C13H13FN2O3.C6H8N2O2/c1-18-12-8-10(3-4-11(12)14)16-6-5-9(15-16)7-13(17)19-2;1-10-6(9)4-5-2-3-7-8-5/h3-6,8H,7H2,1-2H3;2-3H,4H2,1H3,(H,7,8). The Morgan fingerprint density at radius 3 is 2.41 bits per heavy atom. The number of ether oxygens (including phenoxy) is 3. The van der Waals surface area contributed by atoms with Gasteiger partial charge in [-0.05, 0) is 24.3 Å². The molecule has 0 aliphatic rings. The lowest BCUT2D eigenvalue weighted by Crippen LogP contribution is -2.06. The van der Waals surface area contributed by atoms with E-state index in [0.717, 1.165) is 5.69 Å². The monoisotopic (exact) mass is 404 g/mol. The van der Waals surface area contributed by atoms with Crippen molar-refractivity contribution in [2.75, 3.05) is 21.3 Å². The van der Waals surface area contributed by atoms with Crippen molar-refractivity contribution in [1.29, 1.82) is 0 Å². The van der Waals surface area contributed by atoms with E-state index in [0.29, 0.717) is 11.4 Å². The second-order valence-corrected chi connectivity index (χ2v) is 5.66. The van der Waals surface area contributed by atoms with Crippen molar-refractivity contribution in [3.05, 3.63) is 59.9 Å². The molecule has 0 radical (unpaired) electrons. The molecular weight excluding hydrogens is 383 g/mol. The van der Waals surface area contributed by atoms with Crippen molar-refractivity contribution in [1.82, 2.24) is 20.0 Å². The Hall–Kier alpha value is -3.69. The topological polar surface area (TPSA) is 108 Å². The maximum absolute atomic E-state index is 13.3. The molecule has 29 heavy (non-hydrogen) atoms. The van der Waals surface area contributed by atoms with Gasteiger partial charge in [-0.2, -0.15) is 10.2 Å². The zero-order valence-electron chi connectivity index (χ0n) is 16.2. The largest absolute Gasteiger partial charge is 0.494 e. The number of H-pyrrole nitrogens is 1. The maximum Gasteiger partial charge on any atom is 0.311 e. The lowest BCUT2D eigenvalue weighted by atomic mass is 10.3. The molecule has 0 atom stereocenters. The van der Waals surface area contributed by atoms with Crippen molar-refractivity contribution in [3.63, 3.8) is 0 Å². The number of nitrogens with one attached hydrogen (secondary N) is 1. The van der Waals surface area contributed by atoms with Gasteiger partial charge in [0, 0.05) is 24.2 Å². The Morgan fingerprint density at radius 2 is 1.79 bits per heavy atom. The second kappa shape index (κ2) is 10.6. The summed E-state index contributed by atoms with van der Waals surface area (Å²) in [6.07, 6.45) is 3.64. The van der Waals surface area contributed by atoms with Crippen LogP contribution in [0, 0.1) is 5.82 Å². The van der Waals surface area contributed by atoms with Crippen LogP contribution < -0.4 is 4.74 Å². The first-order chi connectivity index (χ1) is 14.0. The van der Waals surface area contributed by atoms with Gasteiger partial charge in [-0.25, -0.2) is 9.07 Å². The van der Waals surface area contributed by atoms with Gasteiger partial charge < -0.3 is 14.2 Å². The van der Waals surface area contributed by atoms with Crippen LogP contribution in [0.25, 0.3) is 5.69 Å². The zero-order chi connectivity index (χ0) is 21.2. The van der Waals surface area contributed by atoms with Gasteiger partial charge >= 0.3 is 11.9 Å². The number of hydrogen-bond donors (Lipinski definition) is 1. The first kappa shape index (κ1) is 21.6. The highest BCUT2D eigenvalue weighted by Crippen LogP contribution is 2.20. The van der Waals surface area contributed by atoms with E-state index in [1.54, 1.807) is 35.3 Å². The number of methoxy groups -OCH3 is 3. The fraction of sp³-hybridized carbons (Fsp3) is 0.263. The van der Waals surface area contributed by atoms with Crippen LogP contribution in [0.3, 0.4) is 0 Å². The van der Waals surface area contributed by atoms with E-state index in [9.17, 15) is 14.0 Å². The Bertz CT molecular complexity index is 940. The maximum atomic E-state index is 13.3. The molecule has 0 saturated heterocycles. The van der Waals surface area contributed by atoms with Gasteiger partial charge in [0.15, 0.2) is 11.6 Å². The molecule has 1 N–H and O–H groups in total. The molecule has 0 amide bonds. The van der Waals surface area contributed by atoms with Crippen molar-refractivity contribution >= 4 is 11.9 Å². The average Bonchev–Trinajstić information content (AvgIpc) is 3.41. The Morgan fingerprint density at radius 1 is 1.07 bits per heavy atom. The Kier molecular flexibility index (Phi) is 7.89. The van der Waals surface area contributed by atoms with Crippen LogP contribution in [0.5, 0.6) is 5.75 Å². The molecule has 9 nitrogen and oxygen atoms in total. The molecule has 0 fully saturated rings. The van der Waals surface area contributed by atoms with Gasteiger partial charge in [0.05, 0.1) is 45.6 Å².